The van der Waals surface area contributed by atoms with Gasteiger partial charge in [0.25, 0.3) is 0 Å². The molecular weight excluding hydrogens is 382 g/mol. The minimum atomic E-state index is -0.425. The van der Waals surface area contributed by atoms with E-state index in [1.807, 2.05) is 0 Å². The Morgan fingerprint density at radius 3 is 2.21 bits per heavy atom. The molecule has 0 saturated carbocycles. The van der Waals surface area contributed by atoms with Crippen LogP contribution < -0.4 is 4.74 Å². The molecule has 100 valence electrons. The molecule has 0 N–H and O–H groups in total. The maximum Gasteiger partial charge on any atom is 0.165 e. The van der Waals surface area contributed by atoms with Crippen LogP contribution in [0, 0.1) is 11.6 Å². The molecule has 0 amide bonds. The van der Waals surface area contributed by atoms with E-state index in [1.54, 1.807) is 24.3 Å². The number of benzene rings is 2. The molecule has 2 aromatic rings. The van der Waals surface area contributed by atoms with Crippen molar-refractivity contribution in [2.45, 2.75) is 4.83 Å². The van der Waals surface area contributed by atoms with Crippen LogP contribution in [0.2, 0.25) is 0 Å². The predicted octanol–water partition coefficient (Wildman–Crippen LogP) is 5.22. The Hall–Kier alpha value is -0.940. The van der Waals surface area contributed by atoms with Crippen molar-refractivity contribution in [3.63, 3.8) is 0 Å². The molecule has 2 aromatic carbocycles. The number of alkyl halides is 1. The zero-order chi connectivity index (χ0) is 14.0. The summed E-state index contributed by atoms with van der Waals surface area (Å²) in [5, 5.41) is 0. The van der Waals surface area contributed by atoms with E-state index in [2.05, 4.69) is 31.9 Å². The first-order valence-electron chi connectivity index (χ1n) is 5.45. The molecule has 0 aromatic heterocycles. The van der Waals surface area contributed by atoms with Gasteiger partial charge in [0.2, 0.25) is 0 Å². The van der Waals surface area contributed by atoms with Gasteiger partial charge in [-0.3, -0.25) is 0 Å². The summed E-state index contributed by atoms with van der Waals surface area (Å²) in [5.74, 6) is -0.557. The van der Waals surface area contributed by atoms with Gasteiger partial charge in [0.1, 0.15) is 5.82 Å². The Bertz CT molecular complexity index is 602. The number of methoxy groups -OCH3 is 1. The number of hydrogen-bond acceptors (Lipinski definition) is 1. The van der Waals surface area contributed by atoms with Crippen molar-refractivity contribution in [1.82, 2.24) is 0 Å². The van der Waals surface area contributed by atoms with Crippen molar-refractivity contribution < 1.29 is 13.5 Å². The summed E-state index contributed by atoms with van der Waals surface area (Å²) in [5.41, 5.74) is 1.56. The highest BCUT2D eigenvalue weighted by Gasteiger charge is 2.14. The topological polar surface area (TPSA) is 9.23 Å². The average molecular weight is 392 g/mol. The molecule has 0 heterocycles. The first kappa shape index (κ1) is 14.5. The number of hydrogen-bond donors (Lipinski definition) is 0. The van der Waals surface area contributed by atoms with Crippen molar-refractivity contribution in [1.29, 1.82) is 0 Å². The minimum Gasteiger partial charge on any atom is -0.494 e. The second-order valence-corrected chi connectivity index (χ2v) is 5.70. The summed E-state index contributed by atoms with van der Waals surface area (Å²) in [4.78, 5) is -0.218. The third kappa shape index (κ3) is 3.15. The molecule has 1 unspecified atom stereocenters. The number of rotatable bonds is 3. The van der Waals surface area contributed by atoms with E-state index in [-0.39, 0.29) is 16.4 Å². The van der Waals surface area contributed by atoms with Gasteiger partial charge < -0.3 is 4.74 Å². The second kappa shape index (κ2) is 6.01. The molecule has 0 saturated heterocycles. The standard InChI is InChI=1S/C14H10Br2F2O/c1-19-13-5-3-9(7-12(13)18)14(16)8-2-4-11(17)10(15)6-8/h2-7,14H,1H3. The summed E-state index contributed by atoms with van der Waals surface area (Å²) < 4.78 is 32.1. The SMILES string of the molecule is COc1ccc(C(Br)c2ccc(F)c(Br)c2)cc1F. The zero-order valence-electron chi connectivity index (χ0n) is 9.96. The molecule has 0 aliphatic heterocycles. The summed E-state index contributed by atoms with van der Waals surface area (Å²) in [6.45, 7) is 0. The molecule has 5 heteroatoms. The van der Waals surface area contributed by atoms with E-state index in [9.17, 15) is 8.78 Å². The molecule has 0 radical (unpaired) electrons. The van der Waals surface area contributed by atoms with Gasteiger partial charge in [-0.15, -0.1) is 0 Å². The Morgan fingerprint density at radius 2 is 1.63 bits per heavy atom. The van der Waals surface area contributed by atoms with Crippen molar-refractivity contribution in [3.8, 4) is 5.75 Å². The average Bonchev–Trinajstić information content (AvgIpc) is 2.41. The highest BCUT2D eigenvalue weighted by Crippen LogP contribution is 2.34. The normalized spacial score (nSPS) is 12.3. The lowest BCUT2D eigenvalue weighted by Gasteiger charge is -2.12. The van der Waals surface area contributed by atoms with Crippen LogP contribution in [-0.2, 0) is 0 Å². The molecule has 0 spiro atoms. The van der Waals surface area contributed by atoms with Gasteiger partial charge in [0.05, 0.1) is 16.4 Å². The zero-order valence-corrected chi connectivity index (χ0v) is 13.1. The summed E-state index contributed by atoms with van der Waals surface area (Å²) in [6, 6.07) is 9.41. The maximum absolute atomic E-state index is 13.7. The lowest BCUT2D eigenvalue weighted by atomic mass is 10.0. The third-order valence-corrected chi connectivity index (χ3v) is 4.37. The Labute approximate surface area is 126 Å². The third-order valence-electron chi connectivity index (χ3n) is 2.70. The van der Waals surface area contributed by atoms with Gasteiger partial charge in [0, 0.05) is 0 Å². The van der Waals surface area contributed by atoms with Gasteiger partial charge in [-0.05, 0) is 51.3 Å². The van der Waals surface area contributed by atoms with E-state index in [0.29, 0.717) is 4.47 Å². The second-order valence-electron chi connectivity index (χ2n) is 3.93. The van der Waals surface area contributed by atoms with Crippen molar-refractivity contribution in [3.05, 3.63) is 63.6 Å². The lowest BCUT2D eigenvalue weighted by Crippen LogP contribution is -1.96. The van der Waals surface area contributed by atoms with Crippen LogP contribution in [0.5, 0.6) is 5.75 Å². The van der Waals surface area contributed by atoms with Crippen LogP contribution in [0.3, 0.4) is 0 Å². The number of ether oxygens (including phenoxy) is 1. The van der Waals surface area contributed by atoms with Crippen molar-refractivity contribution >= 4 is 31.9 Å². The first-order chi connectivity index (χ1) is 9.02. The molecule has 1 atom stereocenters. The van der Waals surface area contributed by atoms with Gasteiger partial charge in [-0.2, -0.15) is 0 Å². The fourth-order valence-electron chi connectivity index (χ4n) is 1.70. The van der Waals surface area contributed by atoms with E-state index in [0.717, 1.165) is 11.1 Å². The van der Waals surface area contributed by atoms with E-state index in [4.69, 9.17) is 4.74 Å². The molecule has 0 aliphatic rings. The van der Waals surface area contributed by atoms with Crippen LogP contribution in [0.1, 0.15) is 16.0 Å². The molecular formula is C14H10Br2F2O. The van der Waals surface area contributed by atoms with Crippen molar-refractivity contribution in [2.75, 3.05) is 7.11 Å². The minimum absolute atomic E-state index is 0.198. The smallest absolute Gasteiger partial charge is 0.165 e. The molecule has 1 nitrogen and oxygen atoms in total. The molecule has 2 rings (SSSR count). The Balaban J connectivity index is 2.35. The number of halogens is 4. The molecule has 0 bridgehead atoms. The van der Waals surface area contributed by atoms with Crippen LogP contribution >= 0.6 is 31.9 Å². The van der Waals surface area contributed by atoms with Gasteiger partial charge in [-0.25, -0.2) is 8.78 Å². The van der Waals surface area contributed by atoms with Crippen LogP contribution in [0.25, 0.3) is 0 Å². The largest absolute Gasteiger partial charge is 0.494 e. The Kier molecular flexibility index (Phi) is 4.58. The first-order valence-corrected chi connectivity index (χ1v) is 7.16. The summed E-state index contributed by atoms with van der Waals surface area (Å²) in [6.07, 6.45) is 0. The van der Waals surface area contributed by atoms with Crippen LogP contribution in [0.4, 0.5) is 8.78 Å². The predicted molar refractivity (Wildman–Crippen MR) is 77.8 cm³/mol. The summed E-state index contributed by atoms with van der Waals surface area (Å²) >= 11 is 6.62. The molecule has 0 aliphatic carbocycles. The monoisotopic (exact) mass is 390 g/mol. The highest BCUT2D eigenvalue weighted by atomic mass is 79.9. The Morgan fingerprint density at radius 1 is 1.00 bits per heavy atom. The van der Waals surface area contributed by atoms with Crippen molar-refractivity contribution in [2.24, 2.45) is 0 Å². The summed E-state index contributed by atoms with van der Waals surface area (Å²) in [7, 11) is 1.42. The van der Waals surface area contributed by atoms with Gasteiger partial charge in [0.15, 0.2) is 11.6 Å². The fraction of sp³-hybridized carbons (Fsp3) is 0.143. The fourth-order valence-corrected chi connectivity index (χ4v) is 2.67. The molecule has 0 fully saturated rings. The maximum atomic E-state index is 13.7. The quantitative estimate of drug-likeness (QED) is 0.651. The van der Waals surface area contributed by atoms with E-state index >= 15 is 0 Å². The van der Waals surface area contributed by atoms with Gasteiger partial charge in [-0.1, -0.05) is 28.1 Å². The van der Waals surface area contributed by atoms with E-state index < -0.39 is 5.82 Å². The van der Waals surface area contributed by atoms with Crippen LogP contribution in [0.15, 0.2) is 40.9 Å². The van der Waals surface area contributed by atoms with Gasteiger partial charge >= 0.3 is 0 Å². The molecule has 19 heavy (non-hydrogen) atoms. The van der Waals surface area contributed by atoms with E-state index in [1.165, 1.54) is 19.2 Å². The highest BCUT2D eigenvalue weighted by molar-refractivity contribution is 9.10. The lowest BCUT2D eigenvalue weighted by molar-refractivity contribution is 0.386. The van der Waals surface area contributed by atoms with Crippen LogP contribution in [-0.4, -0.2) is 7.11 Å².